The van der Waals surface area contributed by atoms with E-state index < -0.39 is 0 Å². The van der Waals surface area contributed by atoms with Crippen LogP contribution in [0.4, 0.5) is 0 Å². The van der Waals surface area contributed by atoms with Crippen LogP contribution in [-0.4, -0.2) is 21.2 Å². The van der Waals surface area contributed by atoms with E-state index in [-0.39, 0.29) is 5.75 Å². The lowest BCUT2D eigenvalue weighted by molar-refractivity contribution is 0.112. The summed E-state index contributed by atoms with van der Waals surface area (Å²) in [6, 6.07) is 11.0. The van der Waals surface area contributed by atoms with Crippen molar-refractivity contribution in [2.24, 2.45) is 0 Å². The number of fused-ring (bicyclic) bond motifs is 1. The molecule has 0 saturated carbocycles. The second-order valence-electron chi connectivity index (χ2n) is 4.76. The Morgan fingerprint density at radius 1 is 1.10 bits per heavy atom. The molecule has 3 aromatic rings. The van der Waals surface area contributed by atoms with Gasteiger partial charge in [0.05, 0.1) is 22.6 Å². The van der Waals surface area contributed by atoms with Gasteiger partial charge in [0.15, 0.2) is 6.29 Å². The van der Waals surface area contributed by atoms with Gasteiger partial charge in [0.1, 0.15) is 5.75 Å². The molecule has 0 bridgehead atoms. The second-order valence-corrected chi connectivity index (χ2v) is 4.76. The number of phenols is 1. The average molecular weight is 266 g/mol. The van der Waals surface area contributed by atoms with Crippen LogP contribution >= 0.6 is 0 Å². The van der Waals surface area contributed by atoms with E-state index in [9.17, 15) is 9.90 Å². The minimum atomic E-state index is 0.237. The molecule has 4 heteroatoms. The number of hydrogen-bond acceptors (Lipinski definition) is 3. The summed E-state index contributed by atoms with van der Waals surface area (Å²) in [5.41, 5.74) is 2.97. The second kappa shape index (κ2) is 4.49. The van der Waals surface area contributed by atoms with Gasteiger partial charge >= 0.3 is 0 Å². The smallest absolute Gasteiger partial charge is 0.153 e. The van der Waals surface area contributed by atoms with E-state index >= 15 is 0 Å². The Hall–Kier alpha value is -2.62. The first-order valence-corrected chi connectivity index (χ1v) is 6.36. The van der Waals surface area contributed by atoms with Crippen molar-refractivity contribution in [1.29, 1.82) is 0 Å². The van der Waals surface area contributed by atoms with Gasteiger partial charge in [-0.05, 0) is 26.0 Å². The maximum atomic E-state index is 11.1. The third kappa shape index (κ3) is 1.69. The predicted molar refractivity (Wildman–Crippen MR) is 77.6 cm³/mol. The number of aromatic nitrogens is 2. The quantitative estimate of drug-likeness (QED) is 0.725. The monoisotopic (exact) mass is 266 g/mol. The van der Waals surface area contributed by atoms with Gasteiger partial charge in [0, 0.05) is 10.8 Å². The molecule has 4 nitrogen and oxygen atoms in total. The number of carbonyl (C=O) groups excluding carboxylic acids is 1. The van der Waals surface area contributed by atoms with Crippen molar-refractivity contribution in [1.82, 2.24) is 9.78 Å². The molecule has 0 atom stereocenters. The van der Waals surface area contributed by atoms with Crippen molar-refractivity contribution in [3.05, 3.63) is 53.3 Å². The number of rotatable bonds is 2. The molecule has 0 saturated heterocycles. The molecule has 0 aliphatic rings. The summed E-state index contributed by atoms with van der Waals surface area (Å²) in [6.07, 6.45) is 0.830. The maximum Gasteiger partial charge on any atom is 0.153 e. The van der Waals surface area contributed by atoms with E-state index in [1.54, 1.807) is 16.8 Å². The van der Waals surface area contributed by atoms with E-state index in [4.69, 9.17) is 0 Å². The molecule has 0 aliphatic carbocycles. The highest BCUT2D eigenvalue weighted by Gasteiger charge is 2.14. The molecule has 0 amide bonds. The van der Waals surface area contributed by atoms with Gasteiger partial charge in [-0.15, -0.1) is 0 Å². The largest absolute Gasteiger partial charge is 0.507 e. The van der Waals surface area contributed by atoms with Crippen molar-refractivity contribution >= 4 is 17.1 Å². The van der Waals surface area contributed by atoms with Crippen LogP contribution < -0.4 is 0 Å². The first-order valence-electron chi connectivity index (χ1n) is 6.36. The lowest BCUT2D eigenvalue weighted by Gasteiger charge is -2.09. The van der Waals surface area contributed by atoms with Crippen LogP contribution in [0.5, 0.6) is 5.75 Å². The van der Waals surface area contributed by atoms with Gasteiger partial charge in [-0.1, -0.05) is 24.3 Å². The molecule has 0 unspecified atom stereocenters. The molecular formula is C16H14N2O2. The molecule has 1 heterocycles. The Bertz CT molecular complexity index is 819. The summed E-state index contributed by atoms with van der Waals surface area (Å²) in [6.45, 7) is 3.68. The normalized spacial score (nSPS) is 10.9. The zero-order valence-corrected chi connectivity index (χ0v) is 11.3. The minimum Gasteiger partial charge on any atom is -0.507 e. The molecule has 20 heavy (non-hydrogen) atoms. The average Bonchev–Trinajstić information content (AvgIpc) is 2.73. The van der Waals surface area contributed by atoms with Crippen molar-refractivity contribution in [2.45, 2.75) is 13.8 Å². The van der Waals surface area contributed by atoms with Gasteiger partial charge in [-0.25, -0.2) is 4.68 Å². The number of hydrogen-bond donors (Lipinski definition) is 1. The van der Waals surface area contributed by atoms with Crippen molar-refractivity contribution in [3.63, 3.8) is 0 Å². The summed E-state index contributed by atoms with van der Waals surface area (Å²) < 4.78 is 1.75. The van der Waals surface area contributed by atoms with Gasteiger partial charge in [-0.2, -0.15) is 5.10 Å². The summed E-state index contributed by atoms with van der Waals surface area (Å²) >= 11 is 0. The van der Waals surface area contributed by atoms with Crippen LogP contribution in [0, 0.1) is 13.8 Å². The standard InChI is InChI=1S/C16H14N2O2/c1-10-14(9-19)11(2)18(17-10)15-7-3-6-13-12(15)5-4-8-16(13)20/h3-9,20H,1-2H3. The van der Waals surface area contributed by atoms with Crippen molar-refractivity contribution in [3.8, 4) is 11.4 Å². The van der Waals surface area contributed by atoms with E-state index in [0.29, 0.717) is 11.3 Å². The van der Waals surface area contributed by atoms with Crippen molar-refractivity contribution < 1.29 is 9.90 Å². The number of phenolic OH excluding ortho intramolecular Hbond substituents is 1. The molecule has 3 rings (SSSR count). The molecule has 1 aromatic heterocycles. The third-order valence-electron chi connectivity index (χ3n) is 3.57. The van der Waals surface area contributed by atoms with Gasteiger partial charge in [-0.3, -0.25) is 4.79 Å². The Morgan fingerprint density at radius 3 is 2.50 bits per heavy atom. The maximum absolute atomic E-state index is 11.1. The Kier molecular flexibility index (Phi) is 2.79. The van der Waals surface area contributed by atoms with Crippen LogP contribution in [0.15, 0.2) is 36.4 Å². The first-order chi connectivity index (χ1) is 9.63. The van der Waals surface area contributed by atoms with Crippen LogP contribution in [-0.2, 0) is 0 Å². The minimum absolute atomic E-state index is 0.237. The fourth-order valence-electron chi connectivity index (χ4n) is 2.52. The molecule has 0 radical (unpaired) electrons. The van der Waals surface area contributed by atoms with E-state index in [0.717, 1.165) is 28.4 Å². The number of nitrogens with zero attached hydrogens (tertiary/aromatic N) is 2. The molecule has 0 fully saturated rings. The van der Waals surface area contributed by atoms with Crippen LogP contribution in [0.1, 0.15) is 21.7 Å². The summed E-state index contributed by atoms with van der Waals surface area (Å²) in [5, 5.41) is 16.0. The lowest BCUT2D eigenvalue weighted by Crippen LogP contribution is -2.00. The fourth-order valence-corrected chi connectivity index (χ4v) is 2.52. The van der Waals surface area contributed by atoms with E-state index in [1.165, 1.54) is 0 Å². The molecule has 1 N–H and O–H groups in total. The Balaban J connectivity index is 2.36. The highest BCUT2D eigenvalue weighted by atomic mass is 16.3. The highest BCUT2D eigenvalue weighted by Crippen LogP contribution is 2.29. The van der Waals surface area contributed by atoms with Crippen LogP contribution in [0.2, 0.25) is 0 Å². The van der Waals surface area contributed by atoms with Crippen LogP contribution in [0.3, 0.4) is 0 Å². The topological polar surface area (TPSA) is 55.1 Å². The van der Waals surface area contributed by atoms with E-state index in [1.807, 2.05) is 38.1 Å². The third-order valence-corrected chi connectivity index (χ3v) is 3.57. The lowest BCUT2D eigenvalue weighted by atomic mass is 10.1. The SMILES string of the molecule is Cc1nn(-c2cccc3c(O)cccc23)c(C)c1C=O. The molecule has 0 aliphatic heterocycles. The number of aldehydes is 1. The summed E-state index contributed by atoms with van der Waals surface area (Å²) in [4.78, 5) is 11.1. The molecule has 100 valence electrons. The number of aryl methyl sites for hydroxylation is 1. The van der Waals surface area contributed by atoms with E-state index in [2.05, 4.69) is 5.10 Å². The van der Waals surface area contributed by atoms with Crippen LogP contribution in [0.25, 0.3) is 16.5 Å². The molecular weight excluding hydrogens is 252 g/mol. The van der Waals surface area contributed by atoms with Crippen molar-refractivity contribution in [2.75, 3.05) is 0 Å². The zero-order chi connectivity index (χ0) is 14.3. The highest BCUT2D eigenvalue weighted by molar-refractivity contribution is 5.94. The van der Waals surface area contributed by atoms with Gasteiger partial charge in [0.25, 0.3) is 0 Å². The molecule has 2 aromatic carbocycles. The molecule has 0 spiro atoms. The Labute approximate surface area is 116 Å². The fraction of sp³-hybridized carbons (Fsp3) is 0.125. The number of aromatic hydroxyl groups is 1. The summed E-state index contributed by atoms with van der Waals surface area (Å²) in [5.74, 6) is 0.237. The number of benzene rings is 2. The zero-order valence-electron chi connectivity index (χ0n) is 11.3. The summed E-state index contributed by atoms with van der Waals surface area (Å²) in [7, 11) is 0. The predicted octanol–water partition coefficient (Wildman–Crippen LogP) is 3.16. The van der Waals surface area contributed by atoms with Gasteiger partial charge in [0.2, 0.25) is 0 Å². The first kappa shape index (κ1) is 12.4. The number of carbonyl (C=O) groups is 1. The van der Waals surface area contributed by atoms with Gasteiger partial charge < -0.3 is 5.11 Å². The Morgan fingerprint density at radius 2 is 1.80 bits per heavy atom.